The van der Waals surface area contributed by atoms with Crippen LogP contribution in [-0.4, -0.2) is 28.5 Å². The van der Waals surface area contributed by atoms with Crippen LogP contribution in [0.5, 0.6) is 0 Å². The zero-order valence-electron chi connectivity index (χ0n) is 12.5. The molecule has 0 spiro atoms. The van der Waals surface area contributed by atoms with Crippen molar-refractivity contribution in [2.24, 2.45) is 0 Å². The van der Waals surface area contributed by atoms with Crippen LogP contribution in [0.4, 0.5) is 11.6 Å². The van der Waals surface area contributed by atoms with Crippen LogP contribution in [0.2, 0.25) is 0 Å². The minimum atomic E-state index is 0.760. The Kier molecular flexibility index (Phi) is 4.89. The summed E-state index contributed by atoms with van der Waals surface area (Å²) in [6.07, 6.45) is 0.830. The first kappa shape index (κ1) is 14.7. The summed E-state index contributed by atoms with van der Waals surface area (Å²) >= 11 is 1.62. The van der Waals surface area contributed by atoms with Crippen molar-refractivity contribution >= 4 is 23.0 Å². The SMILES string of the molecule is CCNc1nc(CC)nc(N(C)Cc2cscn2)c1C. The third-order valence-corrected chi connectivity index (χ3v) is 3.71. The molecule has 0 aliphatic rings. The first-order valence-electron chi connectivity index (χ1n) is 6.85. The summed E-state index contributed by atoms with van der Waals surface area (Å²) in [5.41, 5.74) is 4.01. The summed E-state index contributed by atoms with van der Waals surface area (Å²) < 4.78 is 0. The van der Waals surface area contributed by atoms with Gasteiger partial charge in [-0.05, 0) is 13.8 Å². The number of aromatic nitrogens is 3. The highest BCUT2D eigenvalue weighted by atomic mass is 32.1. The molecule has 2 aromatic rings. The van der Waals surface area contributed by atoms with Gasteiger partial charge in [0.1, 0.15) is 17.5 Å². The molecule has 0 aliphatic heterocycles. The van der Waals surface area contributed by atoms with Gasteiger partial charge in [0, 0.05) is 31.0 Å². The number of hydrogen-bond acceptors (Lipinski definition) is 6. The van der Waals surface area contributed by atoms with Crippen LogP contribution in [-0.2, 0) is 13.0 Å². The molecular weight excluding hydrogens is 270 g/mol. The number of hydrogen-bond donors (Lipinski definition) is 1. The van der Waals surface area contributed by atoms with Crippen molar-refractivity contribution in [2.75, 3.05) is 23.8 Å². The number of aryl methyl sites for hydroxylation is 1. The normalized spacial score (nSPS) is 10.6. The molecule has 20 heavy (non-hydrogen) atoms. The van der Waals surface area contributed by atoms with E-state index in [1.807, 2.05) is 12.6 Å². The second-order valence-electron chi connectivity index (χ2n) is 4.66. The quantitative estimate of drug-likeness (QED) is 0.887. The summed E-state index contributed by atoms with van der Waals surface area (Å²) in [6, 6.07) is 0. The molecule has 2 rings (SSSR count). The average molecular weight is 291 g/mol. The molecular formula is C14H21N5S. The average Bonchev–Trinajstić information content (AvgIpc) is 2.94. The van der Waals surface area contributed by atoms with Gasteiger partial charge in [-0.2, -0.15) is 0 Å². The first-order chi connectivity index (χ1) is 9.65. The van der Waals surface area contributed by atoms with E-state index in [-0.39, 0.29) is 0 Å². The molecule has 0 radical (unpaired) electrons. The Labute approximate surface area is 124 Å². The number of anilines is 2. The first-order valence-corrected chi connectivity index (χ1v) is 7.79. The molecule has 5 nitrogen and oxygen atoms in total. The van der Waals surface area contributed by atoms with Crippen LogP contribution in [0, 0.1) is 6.92 Å². The van der Waals surface area contributed by atoms with E-state index in [0.717, 1.165) is 48.2 Å². The number of nitrogens with one attached hydrogen (secondary N) is 1. The fourth-order valence-electron chi connectivity index (χ4n) is 2.05. The Morgan fingerprint density at radius 2 is 2.10 bits per heavy atom. The molecule has 0 unspecified atom stereocenters. The van der Waals surface area contributed by atoms with E-state index in [4.69, 9.17) is 0 Å². The van der Waals surface area contributed by atoms with Crippen LogP contribution < -0.4 is 10.2 Å². The summed E-state index contributed by atoms with van der Waals surface area (Å²) in [6.45, 7) is 7.83. The van der Waals surface area contributed by atoms with Crippen molar-refractivity contribution in [3.8, 4) is 0 Å². The highest BCUT2D eigenvalue weighted by molar-refractivity contribution is 7.07. The Morgan fingerprint density at radius 1 is 1.30 bits per heavy atom. The van der Waals surface area contributed by atoms with Gasteiger partial charge < -0.3 is 10.2 Å². The topological polar surface area (TPSA) is 53.9 Å². The molecule has 0 amide bonds. The van der Waals surface area contributed by atoms with Gasteiger partial charge in [-0.1, -0.05) is 6.92 Å². The van der Waals surface area contributed by atoms with E-state index in [0.29, 0.717) is 0 Å². The van der Waals surface area contributed by atoms with E-state index >= 15 is 0 Å². The summed E-state index contributed by atoms with van der Waals surface area (Å²) in [4.78, 5) is 15.7. The molecule has 0 fully saturated rings. The highest BCUT2D eigenvalue weighted by Crippen LogP contribution is 2.24. The monoisotopic (exact) mass is 291 g/mol. The molecule has 0 saturated carbocycles. The lowest BCUT2D eigenvalue weighted by atomic mass is 10.2. The number of thiazole rings is 1. The van der Waals surface area contributed by atoms with Crippen LogP contribution in [0.1, 0.15) is 30.9 Å². The third-order valence-electron chi connectivity index (χ3n) is 3.07. The van der Waals surface area contributed by atoms with Crippen LogP contribution in [0.25, 0.3) is 0 Å². The van der Waals surface area contributed by atoms with Crippen molar-refractivity contribution in [3.63, 3.8) is 0 Å². The maximum absolute atomic E-state index is 4.66. The Balaban J connectivity index is 2.31. The van der Waals surface area contributed by atoms with Crippen LogP contribution >= 0.6 is 11.3 Å². The van der Waals surface area contributed by atoms with E-state index < -0.39 is 0 Å². The standard InChI is InChI=1S/C14H21N5S/c1-5-12-17-13(15-6-2)10(3)14(18-12)19(4)7-11-8-20-9-16-11/h8-9H,5-7H2,1-4H3,(H,15,17,18). The van der Waals surface area contributed by atoms with Crippen molar-refractivity contribution in [3.05, 3.63) is 28.0 Å². The predicted octanol–water partition coefficient (Wildman–Crippen LogP) is 2.87. The largest absolute Gasteiger partial charge is 0.370 e. The second-order valence-corrected chi connectivity index (χ2v) is 5.38. The van der Waals surface area contributed by atoms with E-state index in [1.165, 1.54) is 0 Å². The molecule has 108 valence electrons. The van der Waals surface area contributed by atoms with Gasteiger partial charge in [-0.15, -0.1) is 11.3 Å². The summed E-state index contributed by atoms with van der Waals surface area (Å²) in [5.74, 6) is 2.77. The van der Waals surface area contributed by atoms with Crippen molar-refractivity contribution in [1.29, 1.82) is 0 Å². The molecule has 6 heteroatoms. The molecule has 0 aliphatic carbocycles. The van der Waals surface area contributed by atoms with E-state index in [9.17, 15) is 0 Å². The zero-order valence-corrected chi connectivity index (χ0v) is 13.3. The van der Waals surface area contributed by atoms with Gasteiger partial charge in [0.25, 0.3) is 0 Å². The molecule has 2 aromatic heterocycles. The van der Waals surface area contributed by atoms with Crippen LogP contribution in [0.3, 0.4) is 0 Å². The fourth-order valence-corrected chi connectivity index (χ4v) is 2.60. The highest BCUT2D eigenvalue weighted by Gasteiger charge is 2.14. The molecule has 0 saturated heterocycles. The van der Waals surface area contributed by atoms with Gasteiger partial charge in [0.2, 0.25) is 0 Å². The lowest BCUT2D eigenvalue weighted by molar-refractivity contribution is 0.836. The maximum Gasteiger partial charge on any atom is 0.137 e. The van der Waals surface area contributed by atoms with E-state index in [2.05, 4.69) is 51.3 Å². The number of rotatable bonds is 6. The smallest absolute Gasteiger partial charge is 0.137 e. The van der Waals surface area contributed by atoms with Gasteiger partial charge in [0.15, 0.2) is 0 Å². The minimum Gasteiger partial charge on any atom is -0.370 e. The van der Waals surface area contributed by atoms with Crippen molar-refractivity contribution < 1.29 is 0 Å². The molecule has 0 atom stereocenters. The molecule has 1 N–H and O–H groups in total. The second kappa shape index (κ2) is 6.65. The van der Waals surface area contributed by atoms with Crippen molar-refractivity contribution in [1.82, 2.24) is 15.0 Å². The predicted molar refractivity (Wildman–Crippen MR) is 84.5 cm³/mol. The minimum absolute atomic E-state index is 0.760. The Bertz CT molecular complexity index is 553. The van der Waals surface area contributed by atoms with E-state index in [1.54, 1.807) is 11.3 Å². The summed E-state index contributed by atoms with van der Waals surface area (Å²) in [5, 5.41) is 5.38. The van der Waals surface area contributed by atoms with Gasteiger partial charge in [-0.25, -0.2) is 15.0 Å². The Morgan fingerprint density at radius 3 is 2.70 bits per heavy atom. The number of nitrogens with zero attached hydrogens (tertiary/aromatic N) is 4. The molecule has 2 heterocycles. The Hall–Kier alpha value is -1.69. The summed E-state index contributed by atoms with van der Waals surface area (Å²) in [7, 11) is 2.05. The lowest BCUT2D eigenvalue weighted by Gasteiger charge is -2.21. The van der Waals surface area contributed by atoms with Gasteiger partial charge in [-0.3, -0.25) is 0 Å². The van der Waals surface area contributed by atoms with Gasteiger partial charge >= 0.3 is 0 Å². The van der Waals surface area contributed by atoms with Gasteiger partial charge in [0.05, 0.1) is 17.7 Å². The molecule has 0 bridgehead atoms. The third kappa shape index (κ3) is 3.25. The zero-order chi connectivity index (χ0) is 14.5. The fraction of sp³-hybridized carbons (Fsp3) is 0.500. The maximum atomic E-state index is 4.66. The lowest BCUT2D eigenvalue weighted by Crippen LogP contribution is -2.21. The van der Waals surface area contributed by atoms with Crippen molar-refractivity contribution in [2.45, 2.75) is 33.7 Å². The van der Waals surface area contributed by atoms with Crippen LogP contribution in [0.15, 0.2) is 10.9 Å². The molecule has 0 aromatic carbocycles.